The quantitative estimate of drug-likeness (QED) is 0.895. The van der Waals surface area contributed by atoms with Gasteiger partial charge in [0.15, 0.2) is 0 Å². The number of H-pyrrole nitrogens is 1. The van der Waals surface area contributed by atoms with Crippen molar-refractivity contribution in [3.8, 4) is 0 Å². The van der Waals surface area contributed by atoms with Crippen LogP contribution in [-0.4, -0.2) is 64.6 Å². The number of nitrogens with zero attached hydrogens (tertiary/aromatic N) is 4. The van der Waals surface area contributed by atoms with Crippen molar-refractivity contribution < 1.29 is 4.79 Å². The molecule has 2 fully saturated rings. The molecule has 1 saturated heterocycles. The van der Waals surface area contributed by atoms with Gasteiger partial charge < -0.3 is 9.80 Å². The van der Waals surface area contributed by atoms with Crippen LogP contribution in [0.1, 0.15) is 48.0 Å². The number of likely N-dealkylation sites (tertiary alicyclic amines) is 1. The molecule has 0 spiro atoms. The third-order valence-electron chi connectivity index (χ3n) is 4.37. The average Bonchev–Trinajstić information content (AvgIpc) is 3.18. The van der Waals surface area contributed by atoms with Crippen LogP contribution >= 0.6 is 0 Å². The first-order valence-electron chi connectivity index (χ1n) is 7.50. The Morgan fingerprint density at radius 2 is 2.05 bits per heavy atom. The maximum atomic E-state index is 12.3. The fourth-order valence-electron chi connectivity index (χ4n) is 2.79. The molecule has 1 aromatic rings. The van der Waals surface area contributed by atoms with Crippen LogP contribution in [0.25, 0.3) is 0 Å². The normalized spacial score (nSPS) is 21.1. The number of carbonyl (C=O) groups is 1. The Morgan fingerprint density at radius 1 is 1.35 bits per heavy atom. The molecule has 110 valence electrons. The number of nitrogens with one attached hydrogen (secondary N) is 1. The highest BCUT2D eigenvalue weighted by Crippen LogP contribution is 2.37. The van der Waals surface area contributed by atoms with Crippen LogP contribution in [0.15, 0.2) is 0 Å². The monoisotopic (exact) mass is 277 g/mol. The highest BCUT2D eigenvalue weighted by molar-refractivity contribution is 5.90. The molecule has 3 rings (SSSR count). The van der Waals surface area contributed by atoms with E-state index >= 15 is 0 Å². The number of piperidine rings is 1. The minimum Gasteiger partial charge on any atom is -0.339 e. The fraction of sp³-hybridized carbons (Fsp3) is 0.786. The van der Waals surface area contributed by atoms with Gasteiger partial charge in [0.2, 0.25) is 5.82 Å². The molecule has 1 saturated carbocycles. The summed E-state index contributed by atoms with van der Waals surface area (Å²) < 4.78 is 0. The van der Waals surface area contributed by atoms with Gasteiger partial charge in [0.1, 0.15) is 5.82 Å². The van der Waals surface area contributed by atoms with Gasteiger partial charge in [0, 0.05) is 19.5 Å². The molecular weight excluding hydrogens is 254 g/mol. The third kappa shape index (κ3) is 3.00. The van der Waals surface area contributed by atoms with Gasteiger partial charge in [-0.15, -0.1) is 5.10 Å². The second-order valence-corrected chi connectivity index (χ2v) is 6.25. The van der Waals surface area contributed by atoms with Gasteiger partial charge in [-0.2, -0.15) is 0 Å². The van der Waals surface area contributed by atoms with Gasteiger partial charge >= 0.3 is 0 Å². The summed E-state index contributed by atoms with van der Waals surface area (Å²) >= 11 is 0. The average molecular weight is 277 g/mol. The molecule has 0 aromatic carbocycles. The van der Waals surface area contributed by atoms with Crippen LogP contribution in [0.5, 0.6) is 0 Å². The van der Waals surface area contributed by atoms with Crippen LogP contribution in [0.2, 0.25) is 0 Å². The lowest BCUT2D eigenvalue weighted by Gasteiger charge is -2.31. The maximum absolute atomic E-state index is 12.3. The molecule has 6 nitrogen and oxygen atoms in total. The first-order chi connectivity index (χ1) is 9.63. The summed E-state index contributed by atoms with van der Waals surface area (Å²) in [5.41, 5.74) is 0. The number of aromatic nitrogens is 3. The number of hydrogen-bond acceptors (Lipinski definition) is 4. The summed E-state index contributed by atoms with van der Waals surface area (Å²) in [6.07, 6.45) is 4.65. The summed E-state index contributed by atoms with van der Waals surface area (Å²) in [6.45, 7) is 3.05. The molecule has 1 aliphatic carbocycles. The molecule has 0 radical (unpaired) electrons. The number of rotatable bonds is 4. The summed E-state index contributed by atoms with van der Waals surface area (Å²) in [5.74, 6) is 2.24. The molecule has 2 aliphatic rings. The zero-order chi connectivity index (χ0) is 14.1. The highest BCUT2D eigenvalue weighted by Gasteiger charge is 2.29. The van der Waals surface area contributed by atoms with E-state index in [9.17, 15) is 4.79 Å². The summed E-state index contributed by atoms with van der Waals surface area (Å²) in [5, 5.41) is 6.97. The van der Waals surface area contributed by atoms with Gasteiger partial charge in [-0.3, -0.25) is 9.89 Å². The van der Waals surface area contributed by atoms with Crippen molar-refractivity contribution in [3.63, 3.8) is 0 Å². The van der Waals surface area contributed by atoms with E-state index in [0.717, 1.165) is 51.1 Å². The van der Waals surface area contributed by atoms with Gasteiger partial charge in [-0.25, -0.2) is 4.98 Å². The molecule has 0 bridgehead atoms. The fourth-order valence-corrected chi connectivity index (χ4v) is 2.79. The lowest BCUT2D eigenvalue weighted by Crippen LogP contribution is -2.38. The second-order valence-electron chi connectivity index (χ2n) is 6.25. The molecule has 0 unspecified atom stereocenters. The van der Waals surface area contributed by atoms with Crippen LogP contribution in [0.4, 0.5) is 0 Å². The molecule has 1 aliphatic heterocycles. The summed E-state index contributed by atoms with van der Waals surface area (Å²) in [4.78, 5) is 20.8. The molecule has 1 aromatic heterocycles. The summed E-state index contributed by atoms with van der Waals surface area (Å²) in [7, 11) is 4.01. The molecule has 0 atom stereocenters. The standard InChI is InChI=1S/C14H23N5O/c1-18-7-5-10(6-8-18)9-19(2)14(20)13-15-12(16-17-13)11-3-4-11/h10-11H,3-9H2,1-2H3,(H,15,16,17). The minimum absolute atomic E-state index is 0.0629. The van der Waals surface area contributed by atoms with Crippen LogP contribution in [0, 0.1) is 5.92 Å². The maximum Gasteiger partial charge on any atom is 0.293 e. The summed E-state index contributed by atoms with van der Waals surface area (Å²) in [6, 6.07) is 0. The zero-order valence-electron chi connectivity index (χ0n) is 12.3. The van der Waals surface area contributed by atoms with Crippen LogP contribution in [-0.2, 0) is 0 Å². The van der Waals surface area contributed by atoms with Crippen molar-refractivity contribution in [1.82, 2.24) is 25.0 Å². The van der Waals surface area contributed by atoms with Crippen molar-refractivity contribution in [1.29, 1.82) is 0 Å². The number of aromatic amines is 1. The van der Waals surface area contributed by atoms with Gasteiger partial charge in [-0.1, -0.05) is 0 Å². The molecule has 2 heterocycles. The van der Waals surface area contributed by atoms with E-state index in [2.05, 4.69) is 27.1 Å². The van der Waals surface area contributed by atoms with Crippen LogP contribution in [0.3, 0.4) is 0 Å². The predicted molar refractivity (Wildman–Crippen MR) is 75.5 cm³/mol. The van der Waals surface area contributed by atoms with Gasteiger partial charge in [0.25, 0.3) is 5.91 Å². The van der Waals surface area contributed by atoms with Crippen molar-refractivity contribution in [2.75, 3.05) is 33.7 Å². The Bertz CT molecular complexity index is 474. The van der Waals surface area contributed by atoms with Crippen molar-refractivity contribution in [2.45, 2.75) is 31.6 Å². The number of carbonyl (C=O) groups excluding carboxylic acids is 1. The lowest BCUT2D eigenvalue weighted by atomic mass is 9.97. The predicted octanol–water partition coefficient (Wildman–Crippen LogP) is 1.10. The first-order valence-corrected chi connectivity index (χ1v) is 7.50. The van der Waals surface area contributed by atoms with E-state index < -0.39 is 0 Å². The largest absolute Gasteiger partial charge is 0.339 e. The Kier molecular flexibility index (Phi) is 3.74. The molecule has 6 heteroatoms. The zero-order valence-corrected chi connectivity index (χ0v) is 12.3. The van der Waals surface area contributed by atoms with E-state index in [1.54, 1.807) is 4.90 Å². The van der Waals surface area contributed by atoms with Gasteiger partial charge in [0.05, 0.1) is 0 Å². The van der Waals surface area contributed by atoms with E-state index in [1.807, 2.05) is 7.05 Å². The van der Waals surface area contributed by atoms with Crippen molar-refractivity contribution in [2.24, 2.45) is 5.92 Å². The Balaban J connectivity index is 1.55. The number of amides is 1. The first kappa shape index (κ1) is 13.5. The minimum atomic E-state index is -0.0629. The Hall–Kier alpha value is -1.43. The van der Waals surface area contributed by atoms with E-state index in [0.29, 0.717) is 17.7 Å². The second kappa shape index (κ2) is 5.52. The van der Waals surface area contributed by atoms with E-state index in [1.165, 1.54) is 0 Å². The number of hydrogen-bond donors (Lipinski definition) is 1. The molecule has 1 amide bonds. The Morgan fingerprint density at radius 3 is 2.70 bits per heavy atom. The SMILES string of the molecule is CN1CCC(CN(C)C(=O)c2n[nH]c(C3CC3)n2)CC1. The smallest absolute Gasteiger partial charge is 0.293 e. The molecule has 20 heavy (non-hydrogen) atoms. The van der Waals surface area contributed by atoms with E-state index in [4.69, 9.17) is 0 Å². The Labute approximate surface area is 119 Å². The molecule has 1 N–H and O–H groups in total. The van der Waals surface area contributed by atoms with Gasteiger partial charge in [-0.05, 0) is 51.7 Å². The van der Waals surface area contributed by atoms with Crippen LogP contribution < -0.4 is 0 Å². The highest BCUT2D eigenvalue weighted by atomic mass is 16.2. The topological polar surface area (TPSA) is 65.1 Å². The molecular formula is C14H23N5O. The third-order valence-corrected chi connectivity index (χ3v) is 4.37. The lowest BCUT2D eigenvalue weighted by molar-refractivity contribution is 0.0735. The van der Waals surface area contributed by atoms with Crippen molar-refractivity contribution in [3.05, 3.63) is 11.6 Å². The van der Waals surface area contributed by atoms with Crippen molar-refractivity contribution >= 4 is 5.91 Å². The van der Waals surface area contributed by atoms with E-state index in [-0.39, 0.29) is 5.91 Å².